The Bertz CT molecular complexity index is 373. The lowest BCUT2D eigenvalue weighted by Crippen LogP contribution is -2.74. The summed E-state index contributed by atoms with van der Waals surface area (Å²) in [5.41, 5.74) is 12.2. The van der Waals surface area contributed by atoms with E-state index in [1.165, 1.54) is 0 Å². The molecule has 0 heterocycles. The minimum Gasteiger partial charge on any atom is -0.338 e. The van der Waals surface area contributed by atoms with Gasteiger partial charge in [-0.05, 0) is 24.6 Å². The monoisotopic (exact) mass is 193 g/mol. The molecule has 0 saturated carbocycles. The highest BCUT2D eigenvalue weighted by Gasteiger charge is 2.02. The van der Waals surface area contributed by atoms with E-state index in [2.05, 4.69) is 10.3 Å². The second kappa shape index (κ2) is 4.27. The van der Waals surface area contributed by atoms with E-state index < -0.39 is 6.03 Å². The Balaban J connectivity index is 2.80. The fourth-order valence-corrected chi connectivity index (χ4v) is 1.04. The van der Waals surface area contributed by atoms with Gasteiger partial charge in [0.1, 0.15) is 0 Å². The first-order valence-electron chi connectivity index (χ1n) is 4.10. The molecule has 1 aromatic rings. The van der Waals surface area contributed by atoms with Crippen molar-refractivity contribution in [3.63, 3.8) is 0 Å². The van der Waals surface area contributed by atoms with Gasteiger partial charge in [-0.1, -0.05) is 12.1 Å². The summed E-state index contributed by atoms with van der Waals surface area (Å²) in [5.74, 6) is 0.114. The maximum atomic E-state index is 10.4. The van der Waals surface area contributed by atoms with E-state index in [1.54, 1.807) is 0 Å². The number of amides is 2. The number of carbonyl (C=O) groups excluding carboxylic acids is 1. The predicted molar refractivity (Wildman–Crippen MR) is 53.7 cm³/mol. The molecule has 2 amide bonds. The molecule has 0 atom stereocenters. The number of hydrogen-bond donors (Lipinski definition) is 4. The highest BCUT2D eigenvalue weighted by molar-refractivity contribution is 5.91. The van der Waals surface area contributed by atoms with E-state index in [-0.39, 0.29) is 5.96 Å². The van der Waals surface area contributed by atoms with Gasteiger partial charge in [-0.2, -0.15) is 5.32 Å². The summed E-state index contributed by atoms with van der Waals surface area (Å²) in [6.07, 6.45) is 0. The molecule has 74 valence electrons. The summed E-state index contributed by atoms with van der Waals surface area (Å²) in [7, 11) is 0. The number of rotatable bonds is 1. The number of aryl methyl sites for hydroxylation is 1. The number of hydrogen-bond acceptors (Lipinski definition) is 1. The predicted octanol–water partition coefficient (Wildman–Crippen LogP) is -1.31. The number of urea groups is 1. The van der Waals surface area contributed by atoms with Gasteiger partial charge in [0.05, 0.1) is 5.69 Å². The van der Waals surface area contributed by atoms with Gasteiger partial charge in [0.2, 0.25) is 0 Å². The number of nitrogens with two attached hydrogens (primary N) is 2. The minimum absolute atomic E-state index is 0.114. The molecule has 0 radical (unpaired) electrons. The zero-order valence-corrected chi connectivity index (χ0v) is 7.87. The van der Waals surface area contributed by atoms with Crippen LogP contribution < -0.4 is 21.8 Å². The van der Waals surface area contributed by atoms with Crippen LogP contribution in [0.5, 0.6) is 0 Å². The molecular weight excluding hydrogens is 180 g/mol. The molecule has 5 heteroatoms. The number of benzene rings is 1. The maximum Gasteiger partial charge on any atom is 0.377 e. The van der Waals surface area contributed by atoms with Crippen molar-refractivity contribution in [2.75, 3.05) is 0 Å². The van der Waals surface area contributed by atoms with Crippen LogP contribution in [0, 0.1) is 6.92 Å². The molecule has 1 aromatic carbocycles. The van der Waals surface area contributed by atoms with Gasteiger partial charge in [-0.25, -0.2) is 9.79 Å². The van der Waals surface area contributed by atoms with Crippen LogP contribution in [-0.4, -0.2) is 12.0 Å². The topological polar surface area (TPSA) is 95.1 Å². The summed E-state index contributed by atoms with van der Waals surface area (Å²) < 4.78 is 0. The zero-order chi connectivity index (χ0) is 10.6. The maximum absolute atomic E-state index is 10.4. The van der Waals surface area contributed by atoms with Crippen LogP contribution in [0.15, 0.2) is 24.3 Å². The van der Waals surface area contributed by atoms with Gasteiger partial charge in [0.25, 0.3) is 0 Å². The fourth-order valence-electron chi connectivity index (χ4n) is 1.04. The Kier molecular flexibility index (Phi) is 3.06. The summed E-state index contributed by atoms with van der Waals surface area (Å²) in [5, 5.41) is 2.23. The number of guanidine groups is 1. The highest BCUT2D eigenvalue weighted by atomic mass is 16.2. The fraction of sp³-hybridized carbons (Fsp3) is 0.111. The van der Waals surface area contributed by atoms with Crippen molar-refractivity contribution in [3.05, 3.63) is 29.8 Å². The van der Waals surface area contributed by atoms with Crippen molar-refractivity contribution in [1.82, 2.24) is 5.32 Å². The van der Waals surface area contributed by atoms with Gasteiger partial charge in [-0.3, -0.25) is 5.73 Å². The molecule has 0 spiro atoms. The van der Waals surface area contributed by atoms with E-state index in [0.29, 0.717) is 0 Å². The molecule has 1 rings (SSSR count). The van der Waals surface area contributed by atoms with Crippen molar-refractivity contribution >= 4 is 17.7 Å². The molecule has 0 unspecified atom stereocenters. The molecule has 0 fully saturated rings. The molecule has 0 aliphatic carbocycles. The van der Waals surface area contributed by atoms with E-state index in [4.69, 9.17) is 11.5 Å². The Morgan fingerprint density at radius 2 is 2.14 bits per heavy atom. The molecule has 14 heavy (non-hydrogen) atoms. The van der Waals surface area contributed by atoms with Gasteiger partial charge < -0.3 is 5.73 Å². The molecule has 0 aromatic heterocycles. The van der Waals surface area contributed by atoms with E-state index in [1.807, 2.05) is 31.2 Å². The third-order valence-electron chi connectivity index (χ3n) is 1.55. The Morgan fingerprint density at radius 1 is 1.43 bits per heavy atom. The lowest BCUT2D eigenvalue weighted by molar-refractivity contribution is -0.357. The van der Waals surface area contributed by atoms with Crippen LogP contribution >= 0.6 is 0 Å². The lowest BCUT2D eigenvalue weighted by atomic mass is 10.2. The Labute approximate surface area is 81.8 Å². The normalized spacial score (nSPS) is 11.1. The second-order valence-corrected chi connectivity index (χ2v) is 2.90. The lowest BCUT2D eigenvalue weighted by Gasteiger charge is -1.96. The summed E-state index contributed by atoms with van der Waals surface area (Å²) in [6, 6.07) is 6.89. The quantitative estimate of drug-likeness (QED) is 0.329. The number of carbonyl (C=O) groups is 1. The van der Waals surface area contributed by atoms with Gasteiger partial charge in [-0.15, -0.1) is 0 Å². The summed E-state index contributed by atoms with van der Waals surface area (Å²) in [6.45, 7) is 1.96. The summed E-state index contributed by atoms with van der Waals surface area (Å²) in [4.78, 5) is 13.2. The molecular formula is C9H13N4O+. The van der Waals surface area contributed by atoms with E-state index in [9.17, 15) is 4.79 Å². The minimum atomic E-state index is -0.692. The van der Waals surface area contributed by atoms with E-state index >= 15 is 0 Å². The molecule has 6 N–H and O–H groups in total. The Hall–Kier alpha value is -2.04. The van der Waals surface area contributed by atoms with Crippen LogP contribution in [-0.2, 0) is 0 Å². The SMILES string of the molecule is Cc1cccc([NH+]=C(N)NC(N)=O)c1. The molecule has 5 nitrogen and oxygen atoms in total. The molecule has 0 saturated heterocycles. The van der Waals surface area contributed by atoms with E-state index in [0.717, 1.165) is 11.3 Å². The molecule has 0 bridgehead atoms. The third-order valence-corrected chi connectivity index (χ3v) is 1.55. The standard InChI is InChI=1S/C9H12N4O/c1-6-3-2-4-7(5-6)12-8(10)13-9(11)14/h2-5H,1H3,(H5,10,11,12,13,14)/p+1. The van der Waals surface area contributed by atoms with Gasteiger partial charge in [0.15, 0.2) is 0 Å². The molecule has 0 aliphatic rings. The van der Waals surface area contributed by atoms with Crippen molar-refractivity contribution < 1.29 is 9.79 Å². The van der Waals surface area contributed by atoms with Crippen molar-refractivity contribution in [1.29, 1.82) is 0 Å². The first-order valence-corrected chi connectivity index (χ1v) is 4.10. The first kappa shape index (κ1) is 10.0. The third kappa shape index (κ3) is 3.14. The van der Waals surface area contributed by atoms with Crippen molar-refractivity contribution in [3.8, 4) is 0 Å². The van der Waals surface area contributed by atoms with Crippen LogP contribution in [0.4, 0.5) is 10.5 Å². The second-order valence-electron chi connectivity index (χ2n) is 2.90. The van der Waals surface area contributed by atoms with Gasteiger partial charge in [0, 0.05) is 0 Å². The van der Waals surface area contributed by atoms with Gasteiger partial charge >= 0.3 is 12.0 Å². The van der Waals surface area contributed by atoms with Crippen molar-refractivity contribution in [2.45, 2.75) is 6.92 Å². The largest absolute Gasteiger partial charge is 0.377 e. The van der Waals surface area contributed by atoms with Crippen LogP contribution in [0.25, 0.3) is 0 Å². The number of nitrogens with one attached hydrogen (secondary N) is 2. The van der Waals surface area contributed by atoms with Crippen molar-refractivity contribution in [2.24, 2.45) is 11.5 Å². The molecule has 0 aliphatic heterocycles. The van der Waals surface area contributed by atoms with Crippen LogP contribution in [0.3, 0.4) is 0 Å². The smallest absolute Gasteiger partial charge is 0.338 e. The first-order chi connectivity index (χ1) is 6.58. The average molecular weight is 193 g/mol. The highest BCUT2D eigenvalue weighted by Crippen LogP contribution is 2.01. The van der Waals surface area contributed by atoms with Crippen LogP contribution in [0.2, 0.25) is 0 Å². The number of primary amides is 1. The van der Waals surface area contributed by atoms with Crippen LogP contribution in [0.1, 0.15) is 5.56 Å². The average Bonchev–Trinajstić information content (AvgIpc) is 2.01. The Morgan fingerprint density at radius 3 is 2.71 bits per heavy atom. The summed E-state index contributed by atoms with van der Waals surface area (Å²) >= 11 is 0. The zero-order valence-electron chi connectivity index (χ0n) is 7.87.